The van der Waals surface area contributed by atoms with Gasteiger partial charge in [-0.1, -0.05) is 48.7 Å². The summed E-state index contributed by atoms with van der Waals surface area (Å²) in [6.07, 6.45) is 4.96. The van der Waals surface area contributed by atoms with Gasteiger partial charge in [-0.05, 0) is 36.5 Å². The molecule has 0 heterocycles. The molecule has 1 aromatic rings. The summed E-state index contributed by atoms with van der Waals surface area (Å²) in [5, 5.41) is 0.706. The fourth-order valence-corrected chi connectivity index (χ4v) is 3.27. The van der Waals surface area contributed by atoms with Gasteiger partial charge < -0.3 is 4.90 Å². The van der Waals surface area contributed by atoms with Gasteiger partial charge >= 0.3 is 0 Å². The smallest absolute Gasteiger partial charge is 0.146 e. The summed E-state index contributed by atoms with van der Waals surface area (Å²) >= 11 is 3.38. The van der Waals surface area contributed by atoms with Crippen molar-refractivity contribution in [1.82, 2.24) is 0 Å². The molecular weight excluding hydrogens is 305 g/mol. The van der Waals surface area contributed by atoms with Gasteiger partial charge in [-0.15, -0.1) is 0 Å². The Hall–Kier alpha value is -0.570. The van der Waals surface area contributed by atoms with Crippen molar-refractivity contribution >= 4 is 21.6 Å². The summed E-state index contributed by atoms with van der Waals surface area (Å²) in [4.78, 5) is 2.30. The SMILES string of the molecule is CC(C)CN(c1ccc(CBr)cc1F)C1CCCC1. The summed E-state index contributed by atoms with van der Waals surface area (Å²) in [5.41, 5.74) is 1.78. The van der Waals surface area contributed by atoms with Gasteiger partial charge in [0.25, 0.3) is 0 Å². The fraction of sp³-hybridized carbons (Fsp3) is 0.625. The average Bonchev–Trinajstić information content (AvgIpc) is 2.89. The van der Waals surface area contributed by atoms with Crippen molar-refractivity contribution in [2.45, 2.75) is 50.9 Å². The molecular formula is C16H23BrFN. The number of hydrogen-bond acceptors (Lipinski definition) is 1. The van der Waals surface area contributed by atoms with Crippen LogP contribution in [0.25, 0.3) is 0 Å². The quantitative estimate of drug-likeness (QED) is 0.678. The number of benzene rings is 1. The Balaban J connectivity index is 2.26. The Bertz CT molecular complexity index is 413. The third-order valence-corrected chi connectivity index (χ3v) is 4.45. The van der Waals surface area contributed by atoms with Gasteiger partial charge in [0.15, 0.2) is 0 Å². The topological polar surface area (TPSA) is 3.24 Å². The maximum absolute atomic E-state index is 14.3. The molecule has 0 saturated heterocycles. The standard InChI is InChI=1S/C16H23BrFN/c1-12(2)11-19(14-5-3-4-6-14)16-8-7-13(10-17)9-15(16)18/h7-9,12,14H,3-6,10-11H2,1-2H3. The Morgan fingerprint density at radius 1 is 1.32 bits per heavy atom. The third-order valence-electron chi connectivity index (χ3n) is 3.80. The van der Waals surface area contributed by atoms with Crippen LogP contribution in [0.4, 0.5) is 10.1 Å². The predicted octanol–water partition coefficient (Wildman–Crippen LogP) is 5.13. The van der Waals surface area contributed by atoms with Gasteiger partial charge in [0.1, 0.15) is 5.82 Å². The lowest BCUT2D eigenvalue weighted by Crippen LogP contribution is -2.36. The van der Waals surface area contributed by atoms with Crippen molar-refractivity contribution in [3.63, 3.8) is 0 Å². The van der Waals surface area contributed by atoms with Crippen molar-refractivity contribution < 1.29 is 4.39 Å². The maximum atomic E-state index is 14.3. The number of nitrogens with zero attached hydrogens (tertiary/aromatic N) is 1. The molecule has 1 aliphatic carbocycles. The second-order valence-corrected chi connectivity index (χ2v) is 6.46. The van der Waals surface area contributed by atoms with Crippen LogP contribution in [-0.2, 0) is 5.33 Å². The molecule has 3 heteroatoms. The molecule has 0 aromatic heterocycles. The van der Waals surface area contributed by atoms with Gasteiger partial charge in [0, 0.05) is 17.9 Å². The van der Waals surface area contributed by atoms with Crippen LogP contribution in [0.1, 0.15) is 45.1 Å². The number of anilines is 1. The van der Waals surface area contributed by atoms with Gasteiger partial charge in [0.05, 0.1) is 5.69 Å². The molecule has 0 amide bonds. The Morgan fingerprint density at radius 2 is 2.00 bits per heavy atom. The van der Waals surface area contributed by atoms with Crippen LogP contribution >= 0.6 is 15.9 Å². The molecule has 0 spiro atoms. The van der Waals surface area contributed by atoms with E-state index < -0.39 is 0 Å². The minimum Gasteiger partial charge on any atom is -0.366 e. The molecule has 106 valence electrons. The van der Waals surface area contributed by atoms with Crippen LogP contribution in [-0.4, -0.2) is 12.6 Å². The highest BCUT2D eigenvalue weighted by Crippen LogP contribution is 2.31. The first-order valence-electron chi connectivity index (χ1n) is 7.23. The van der Waals surface area contributed by atoms with Crippen LogP contribution in [0.15, 0.2) is 18.2 Å². The lowest BCUT2D eigenvalue weighted by molar-refractivity contribution is 0.520. The molecule has 0 radical (unpaired) electrons. The van der Waals surface area contributed by atoms with Crippen LogP contribution in [0.2, 0.25) is 0 Å². The van der Waals surface area contributed by atoms with Crippen LogP contribution in [0.3, 0.4) is 0 Å². The van der Waals surface area contributed by atoms with E-state index in [2.05, 4.69) is 34.7 Å². The summed E-state index contributed by atoms with van der Waals surface area (Å²) in [6.45, 7) is 5.34. The Morgan fingerprint density at radius 3 is 2.53 bits per heavy atom. The molecule has 19 heavy (non-hydrogen) atoms. The van der Waals surface area contributed by atoms with Gasteiger partial charge in [-0.2, -0.15) is 0 Å². The van der Waals surface area contributed by atoms with Crippen molar-refractivity contribution in [3.8, 4) is 0 Å². The van der Waals surface area contributed by atoms with E-state index in [0.29, 0.717) is 17.3 Å². The zero-order valence-electron chi connectivity index (χ0n) is 11.8. The van der Waals surface area contributed by atoms with Gasteiger partial charge in [-0.25, -0.2) is 4.39 Å². The van der Waals surface area contributed by atoms with E-state index in [9.17, 15) is 4.39 Å². The zero-order chi connectivity index (χ0) is 13.8. The lowest BCUT2D eigenvalue weighted by Gasteiger charge is -2.33. The number of halogens is 2. The maximum Gasteiger partial charge on any atom is 0.146 e. The Labute approximate surface area is 124 Å². The van der Waals surface area contributed by atoms with Crippen molar-refractivity contribution in [3.05, 3.63) is 29.6 Å². The van der Waals surface area contributed by atoms with Crippen LogP contribution in [0.5, 0.6) is 0 Å². The van der Waals surface area contributed by atoms with Crippen LogP contribution < -0.4 is 4.90 Å². The van der Waals surface area contributed by atoms with E-state index in [0.717, 1.165) is 17.8 Å². The molecule has 2 rings (SSSR count). The second-order valence-electron chi connectivity index (χ2n) is 5.90. The number of hydrogen-bond donors (Lipinski definition) is 0. The minimum absolute atomic E-state index is 0.0792. The monoisotopic (exact) mass is 327 g/mol. The summed E-state index contributed by atoms with van der Waals surface area (Å²) in [6, 6.07) is 6.15. The highest BCUT2D eigenvalue weighted by Gasteiger charge is 2.25. The molecule has 1 saturated carbocycles. The molecule has 0 aliphatic heterocycles. The zero-order valence-corrected chi connectivity index (χ0v) is 13.4. The van der Waals surface area contributed by atoms with E-state index in [1.54, 1.807) is 6.07 Å². The van der Waals surface area contributed by atoms with E-state index in [4.69, 9.17) is 0 Å². The summed E-state index contributed by atoms with van der Waals surface area (Å²) in [7, 11) is 0. The van der Waals surface area contributed by atoms with Gasteiger partial charge in [-0.3, -0.25) is 0 Å². The largest absolute Gasteiger partial charge is 0.366 e. The number of rotatable bonds is 5. The molecule has 0 atom stereocenters. The molecule has 0 bridgehead atoms. The third kappa shape index (κ3) is 3.71. The lowest BCUT2D eigenvalue weighted by atomic mass is 10.1. The predicted molar refractivity (Wildman–Crippen MR) is 83.5 cm³/mol. The highest BCUT2D eigenvalue weighted by atomic mass is 79.9. The first-order chi connectivity index (χ1) is 9.11. The number of alkyl halides is 1. The van der Waals surface area contributed by atoms with Crippen molar-refractivity contribution in [2.75, 3.05) is 11.4 Å². The first-order valence-corrected chi connectivity index (χ1v) is 8.35. The molecule has 1 aromatic carbocycles. The van der Waals surface area contributed by atoms with E-state index in [1.807, 2.05) is 12.1 Å². The fourth-order valence-electron chi connectivity index (χ4n) is 2.92. The second kappa shape index (κ2) is 6.74. The average molecular weight is 328 g/mol. The molecule has 1 nitrogen and oxygen atoms in total. The molecule has 0 N–H and O–H groups in total. The highest BCUT2D eigenvalue weighted by molar-refractivity contribution is 9.08. The van der Waals surface area contributed by atoms with Crippen LogP contribution in [0, 0.1) is 11.7 Å². The van der Waals surface area contributed by atoms with E-state index in [1.165, 1.54) is 25.7 Å². The molecule has 1 fully saturated rings. The normalized spacial score (nSPS) is 16.3. The summed E-state index contributed by atoms with van der Waals surface area (Å²) < 4.78 is 14.3. The first kappa shape index (κ1) is 14.8. The van der Waals surface area contributed by atoms with Crippen molar-refractivity contribution in [2.24, 2.45) is 5.92 Å². The van der Waals surface area contributed by atoms with Crippen molar-refractivity contribution in [1.29, 1.82) is 0 Å². The minimum atomic E-state index is -0.0792. The van der Waals surface area contributed by atoms with E-state index in [-0.39, 0.29) is 5.82 Å². The van der Waals surface area contributed by atoms with E-state index >= 15 is 0 Å². The molecule has 0 unspecified atom stereocenters. The Kier molecular flexibility index (Phi) is 5.26. The summed E-state index contributed by atoms with van der Waals surface area (Å²) in [5.74, 6) is 0.473. The van der Waals surface area contributed by atoms with Gasteiger partial charge in [0.2, 0.25) is 0 Å². The molecule has 1 aliphatic rings.